The molecule has 7 heteroatoms. The van der Waals surface area contributed by atoms with E-state index >= 15 is 0 Å². The summed E-state index contributed by atoms with van der Waals surface area (Å²) >= 11 is 0. The van der Waals surface area contributed by atoms with E-state index in [1.807, 2.05) is 48.7 Å². The molecule has 0 atom stereocenters. The Kier molecular flexibility index (Phi) is 5.20. The van der Waals surface area contributed by atoms with Crippen LogP contribution in [0.25, 0.3) is 16.8 Å². The Bertz CT molecular complexity index is 1280. The minimum atomic E-state index is -0.595. The number of benzene rings is 2. The number of hydrogen-bond donors (Lipinski definition) is 2. The van der Waals surface area contributed by atoms with Gasteiger partial charge in [-0.1, -0.05) is 42.5 Å². The quantitative estimate of drug-likeness (QED) is 0.213. The third-order valence-electron chi connectivity index (χ3n) is 6.23. The Balaban J connectivity index is 1.75. The van der Waals surface area contributed by atoms with Crippen molar-refractivity contribution in [3.63, 3.8) is 0 Å². The molecule has 0 aliphatic rings. The average molecular weight is 431 g/mol. The van der Waals surface area contributed by atoms with E-state index in [0.29, 0.717) is 5.84 Å². The normalized spacial score (nSPS) is 13.0. The summed E-state index contributed by atoms with van der Waals surface area (Å²) < 4.78 is 15.2. The zero-order chi connectivity index (χ0) is 23.1. The Morgan fingerprint density at radius 3 is 2.09 bits per heavy atom. The fourth-order valence-corrected chi connectivity index (χ4v) is 3.98. The molecule has 0 saturated carbocycles. The number of amidine groups is 1. The number of aromatic nitrogens is 3. The first-order chi connectivity index (χ1) is 15.2. The van der Waals surface area contributed by atoms with Crippen molar-refractivity contribution in [2.24, 2.45) is 16.7 Å². The standard InChI is InChI=1S/C25H27FN6/c1-24(2,18-11-7-16(8-12-18)17-9-13-19(26)14-10-17)23-31-30-21-20(6-5-15-32(21)23)25(3,4)22(27)29-28/h5-15H,28H2,1-4H3,(H2,27,29). The molecule has 0 bridgehead atoms. The highest BCUT2D eigenvalue weighted by molar-refractivity contribution is 5.92. The number of hydrazone groups is 1. The predicted molar refractivity (Wildman–Crippen MR) is 126 cm³/mol. The maximum atomic E-state index is 13.2. The van der Waals surface area contributed by atoms with Gasteiger partial charge in [-0.25, -0.2) is 4.39 Å². The molecule has 0 aliphatic heterocycles. The van der Waals surface area contributed by atoms with E-state index in [4.69, 9.17) is 11.6 Å². The Morgan fingerprint density at radius 1 is 0.906 bits per heavy atom. The van der Waals surface area contributed by atoms with Crippen molar-refractivity contribution >= 4 is 11.5 Å². The molecule has 0 fully saturated rings. The van der Waals surface area contributed by atoms with Crippen molar-refractivity contribution in [1.29, 1.82) is 0 Å². The van der Waals surface area contributed by atoms with Crippen molar-refractivity contribution in [3.05, 3.63) is 89.6 Å². The van der Waals surface area contributed by atoms with Crippen LogP contribution in [0.4, 0.5) is 4.39 Å². The molecule has 0 amide bonds. The van der Waals surface area contributed by atoms with Gasteiger partial charge in [0.2, 0.25) is 0 Å². The third-order valence-corrected chi connectivity index (χ3v) is 6.23. The largest absolute Gasteiger partial charge is 0.385 e. The lowest BCUT2D eigenvalue weighted by molar-refractivity contribution is 0.582. The van der Waals surface area contributed by atoms with Crippen molar-refractivity contribution in [3.8, 4) is 11.1 Å². The van der Waals surface area contributed by atoms with E-state index in [9.17, 15) is 4.39 Å². The fraction of sp³-hybridized carbons (Fsp3) is 0.240. The number of pyridine rings is 1. The maximum absolute atomic E-state index is 13.2. The van der Waals surface area contributed by atoms with Gasteiger partial charge in [-0.05, 0) is 62.6 Å². The van der Waals surface area contributed by atoms with Gasteiger partial charge in [-0.2, -0.15) is 5.10 Å². The lowest BCUT2D eigenvalue weighted by atomic mass is 9.82. The van der Waals surface area contributed by atoms with Crippen molar-refractivity contribution in [2.45, 2.75) is 38.5 Å². The van der Waals surface area contributed by atoms with Crippen LogP contribution in [0.15, 0.2) is 72.0 Å². The number of nitrogens with zero attached hydrogens (tertiary/aromatic N) is 4. The molecule has 0 spiro atoms. The first kappa shape index (κ1) is 21.5. The first-order valence-electron chi connectivity index (χ1n) is 10.4. The van der Waals surface area contributed by atoms with Crippen LogP contribution in [-0.4, -0.2) is 20.4 Å². The second kappa shape index (κ2) is 7.75. The zero-order valence-electron chi connectivity index (χ0n) is 18.7. The highest BCUT2D eigenvalue weighted by Gasteiger charge is 2.33. The van der Waals surface area contributed by atoms with E-state index in [2.05, 4.69) is 41.3 Å². The molecule has 4 aromatic rings. The minimum Gasteiger partial charge on any atom is -0.385 e. The van der Waals surface area contributed by atoms with Crippen LogP contribution in [0.1, 0.15) is 44.6 Å². The number of nitrogens with two attached hydrogens (primary N) is 2. The maximum Gasteiger partial charge on any atom is 0.165 e. The molecular weight excluding hydrogens is 403 g/mol. The third kappa shape index (κ3) is 3.49. The summed E-state index contributed by atoms with van der Waals surface area (Å²) in [5, 5.41) is 12.7. The second-order valence-electron chi connectivity index (χ2n) is 8.99. The van der Waals surface area contributed by atoms with Crippen LogP contribution in [0.3, 0.4) is 0 Å². The molecule has 2 aromatic carbocycles. The number of halogens is 1. The monoisotopic (exact) mass is 430 g/mol. The van der Waals surface area contributed by atoms with E-state index in [1.165, 1.54) is 12.1 Å². The molecular formula is C25H27FN6. The highest BCUT2D eigenvalue weighted by Crippen LogP contribution is 2.34. The van der Waals surface area contributed by atoms with Crippen LogP contribution in [0.2, 0.25) is 0 Å². The van der Waals surface area contributed by atoms with Gasteiger partial charge in [0.15, 0.2) is 5.65 Å². The Labute approximate surface area is 186 Å². The fourth-order valence-electron chi connectivity index (χ4n) is 3.98. The van der Waals surface area contributed by atoms with E-state index in [-0.39, 0.29) is 5.82 Å². The zero-order valence-corrected chi connectivity index (χ0v) is 18.7. The predicted octanol–water partition coefficient (Wildman–Crippen LogP) is 4.37. The van der Waals surface area contributed by atoms with Gasteiger partial charge in [0.1, 0.15) is 17.5 Å². The summed E-state index contributed by atoms with van der Waals surface area (Å²) in [4.78, 5) is 0. The van der Waals surface area contributed by atoms with Crippen LogP contribution in [0, 0.1) is 5.82 Å². The van der Waals surface area contributed by atoms with Gasteiger partial charge >= 0.3 is 0 Å². The summed E-state index contributed by atoms with van der Waals surface area (Å²) in [5.41, 5.74) is 9.75. The topological polar surface area (TPSA) is 94.6 Å². The molecule has 2 aromatic heterocycles. The molecule has 164 valence electrons. The number of rotatable bonds is 5. The van der Waals surface area contributed by atoms with Crippen LogP contribution in [0.5, 0.6) is 0 Å². The second-order valence-corrected chi connectivity index (χ2v) is 8.99. The molecule has 0 unspecified atom stereocenters. The molecule has 2 heterocycles. The molecule has 0 saturated heterocycles. The molecule has 32 heavy (non-hydrogen) atoms. The molecule has 0 radical (unpaired) electrons. The molecule has 6 nitrogen and oxygen atoms in total. The van der Waals surface area contributed by atoms with Gasteiger partial charge in [-0.15, -0.1) is 10.2 Å². The van der Waals surface area contributed by atoms with Gasteiger partial charge in [0.05, 0.1) is 10.8 Å². The lowest BCUT2D eigenvalue weighted by Crippen LogP contribution is -2.37. The highest BCUT2D eigenvalue weighted by atomic mass is 19.1. The SMILES string of the molecule is CC(C)(/C(N)=N/N)c1cccn2c(C(C)(C)c3ccc(-c4ccc(F)cc4)cc3)nnc12. The van der Waals surface area contributed by atoms with Gasteiger partial charge < -0.3 is 11.6 Å². The van der Waals surface area contributed by atoms with Crippen molar-refractivity contribution in [2.75, 3.05) is 0 Å². The van der Waals surface area contributed by atoms with E-state index in [0.717, 1.165) is 33.7 Å². The lowest BCUT2D eigenvalue weighted by Gasteiger charge is -2.26. The van der Waals surface area contributed by atoms with Crippen LogP contribution < -0.4 is 11.6 Å². The van der Waals surface area contributed by atoms with Crippen LogP contribution in [-0.2, 0) is 10.8 Å². The number of fused-ring (bicyclic) bond motifs is 1. The number of hydrogen-bond acceptors (Lipinski definition) is 4. The Hall–Kier alpha value is -3.74. The first-order valence-corrected chi connectivity index (χ1v) is 10.4. The van der Waals surface area contributed by atoms with Crippen LogP contribution >= 0.6 is 0 Å². The van der Waals surface area contributed by atoms with Crippen molar-refractivity contribution < 1.29 is 4.39 Å². The smallest absolute Gasteiger partial charge is 0.165 e. The summed E-state index contributed by atoms with van der Waals surface area (Å²) in [6.07, 6.45) is 1.95. The van der Waals surface area contributed by atoms with Gasteiger partial charge in [0.25, 0.3) is 0 Å². The molecule has 4 rings (SSSR count). The summed E-state index contributed by atoms with van der Waals surface area (Å²) in [6, 6.07) is 18.7. The summed E-state index contributed by atoms with van der Waals surface area (Å²) in [7, 11) is 0. The average Bonchev–Trinajstić information content (AvgIpc) is 3.24. The Morgan fingerprint density at radius 2 is 1.50 bits per heavy atom. The van der Waals surface area contributed by atoms with E-state index < -0.39 is 10.8 Å². The summed E-state index contributed by atoms with van der Waals surface area (Å²) in [5.74, 6) is 6.34. The minimum absolute atomic E-state index is 0.243. The molecule has 0 aliphatic carbocycles. The van der Waals surface area contributed by atoms with Gasteiger partial charge in [-0.3, -0.25) is 4.40 Å². The summed E-state index contributed by atoms with van der Waals surface area (Å²) in [6.45, 7) is 8.15. The van der Waals surface area contributed by atoms with Gasteiger partial charge in [0, 0.05) is 11.8 Å². The van der Waals surface area contributed by atoms with Crippen molar-refractivity contribution in [1.82, 2.24) is 14.6 Å². The van der Waals surface area contributed by atoms with E-state index in [1.54, 1.807) is 12.1 Å². The molecule has 4 N–H and O–H groups in total.